The highest BCUT2D eigenvalue weighted by molar-refractivity contribution is 5.35. The third kappa shape index (κ3) is 3.76. The number of rotatable bonds is 4. The van der Waals surface area contributed by atoms with E-state index in [0.29, 0.717) is 23.6 Å². The second-order valence-corrected chi connectivity index (χ2v) is 7.00. The van der Waals surface area contributed by atoms with E-state index in [1.807, 2.05) is 19.9 Å². The minimum Gasteiger partial charge on any atom is -0.474 e. The Morgan fingerprint density at radius 3 is 2.67 bits per heavy atom. The molecule has 0 radical (unpaired) electrons. The van der Waals surface area contributed by atoms with Gasteiger partial charge in [-0.05, 0) is 56.1 Å². The Labute approximate surface area is 128 Å². The molecular weight excluding hydrogens is 262 g/mol. The third-order valence-electron chi connectivity index (χ3n) is 4.82. The van der Waals surface area contributed by atoms with E-state index in [0.717, 1.165) is 23.2 Å². The van der Waals surface area contributed by atoms with E-state index >= 15 is 0 Å². The Balaban J connectivity index is 2.26. The molecule has 0 spiro atoms. The summed E-state index contributed by atoms with van der Waals surface area (Å²) in [7, 11) is 0. The molecule has 1 aromatic heterocycles. The van der Waals surface area contributed by atoms with Gasteiger partial charge in [0.15, 0.2) is 0 Å². The fourth-order valence-corrected chi connectivity index (χ4v) is 3.51. The predicted molar refractivity (Wildman–Crippen MR) is 85.4 cm³/mol. The molecule has 1 aliphatic carbocycles. The van der Waals surface area contributed by atoms with E-state index in [-0.39, 0.29) is 12.7 Å². The number of pyridine rings is 1. The Hall–Kier alpha value is -1.09. The molecule has 0 aliphatic heterocycles. The first kappa shape index (κ1) is 16.3. The first-order valence-electron chi connectivity index (χ1n) is 8.17. The fraction of sp³-hybridized carbons (Fsp3) is 0.722. The van der Waals surface area contributed by atoms with Crippen molar-refractivity contribution in [3.05, 3.63) is 22.9 Å². The predicted octanol–water partition coefficient (Wildman–Crippen LogP) is 4.03. The summed E-state index contributed by atoms with van der Waals surface area (Å²) in [5.74, 6) is 2.54. The summed E-state index contributed by atoms with van der Waals surface area (Å²) >= 11 is 0. The molecule has 0 aromatic carbocycles. The van der Waals surface area contributed by atoms with Crippen molar-refractivity contribution in [2.45, 2.75) is 66.6 Å². The van der Waals surface area contributed by atoms with Crippen molar-refractivity contribution in [1.29, 1.82) is 0 Å². The van der Waals surface area contributed by atoms with Gasteiger partial charge in [0.05, 0.1) is 6.61 Å². The second-order valence-electron chi connectivity index (χ2n) is 7.00. The van der Waals surface area contributed by atoms with Gasteiger partial charge in [0, 0.05) is 11.3 Å². The maximum atomic E-state index is 9.63. The molecule has 3 atom stereocenters. The first-order valence-corrected chi connectivity index (χ1v) is 8.17. The van der Waals surface area contributed by atoms with Crippen LogP contribution in [0.15, 0.2) is 6.07 Å². The summed E-state index contributed by atoms with van der Waals surface area (Å²) in [6.45, 7) is 10.8. The number of nitrogens with zero attached hydrogens (tertiary/aromatic N) is 1. The number of ether oxygens (including phenoxy) is 1. The SMILES string of the molecule is Cc1cc(C)c(CO)c(OC2CC(C)CCC2C(C)C)n1. The number of hydrogen-bond donors (Lipinski definition) is 1. The molecule has 118 valence electrons. The normalized spacial score (nSPS) is 26.1. The lowest BCUT2D eigenvalue weighted by molar-refractivity contribution is 0.0407. The van der Waals surface area contributed by atoms with E-state index in [4.69, 9.17) is 4.74 Å². The summed E-state index contributed by atoms with van der Waals surface area (Å²) < 4.78 is 6.31. The quantitative estimate of drug-likeness (QED) is 0.910. The summed E-state index contributed by atoms with van der Waals surface area (Å²) in [5, 5.41) is 9.63. The lowest BCUT2D eigenvalue weighted by Crippen LogP contribution is -2.36. The fourth-order valence-electron chi connectivity index (χ4n) is 3.51. The van der Waals surface area contributed by atoms with Crippen molar-refractivity contribution in [3.8, 4) is 5.88 Å². The Bertz CT molecular complexity index is 484. The Kier molecular flexibility index (Phi) is 5.26. The van der Waals surface area contributed by atoms with Crippen LogP contribution in [-0.4, -0.2) is 16.2 Å². The number of aliphatic hydroxyl groups excluding tert-OH is 1. The largest absolute Gasteiger partial charge is 0.474 e. The number of aromatic nitrogens is 1. The molecule has 2 rings (SSSR count). The summed E-state index contributed by atoms with van der Waals surface area (Å²) in [4.78, 5) is 4.54. The molecule has 1 N–H and O–H groups in total. The van der Waals surface area contributed by atoms with Crippen LogP contribution in [0.5, 0.6) is 5.88 Å². The maximum absolute atomic E-state index is 9.63. The zero-order chi connectivity index (χ0) is 15.6. The van der Waals surface area contributed by atoms with Crippen molar-refractivity contribution in [1.82, 2.24) is 4.98 Å². The third-order valence-corrected chi connectivity index (χ3v) is 4.82. The molecule has 3 heteroatoms. The van der Waals surface area contributed by atoms with Crippen LogP contribution in [0.1, 0.15) is 56.9 Å². The van der Waals surface area contributed by atoms with Gasteiger partial charge < -0.3 is 9.84 Å². The van der Waals surface area contributed by atoms with Crippen LogP contribution in [0, 0.1) is 31.6 Å². The molecule has 1 aromatic rings. The highest BCUT2D eigenvalue weighted by atomic mass is 16.5. The van der Waals surface area contributed by atoms with Crippen LogP contribution in [-0.2, 0) is 6.61 Å². The second kappa shape index (κ2) is 6.78. The van der Waals surface area contributed by atoms with Crippen molar-refractivity contribution in [2.24, 2.45) is 17.8 Å². The van der Waals surface area contributed by atoms with Crippen molar-refractivity contribution >= 4 is 0 Å². The highest BCUT2D eigenvalue weighted by Gasteiger charge is 2.33. The van der Waals surface area contributed by atoms with Gasteiger partial charge in [-0.15, -0.1) is 0 Å². The minimum atomic E-state index is -0.0108. The summed E-state index contributed by atoms with van der Waals surface area (Å²) in [6.07, 6.45) is 3.81. The molecule has 0 saturated heterocycles. The van der Waals surface area contributed by atoms with E-state index in [2.05, 4.69) is 25.8 Å². The monoisotopic (exact) mass is 291 g/mol. The molecule has 1 saturated carbocycles. The average Bonchev–Trinajstić information content (AvgIpc) is 2.37. The molecule has 1 aliphatic rings. The van der Waals surface area contributed by atoms with Crippen LogP contribution in [0.4, 0.5) is 0 Å². The van der Waals surface area contributed by atoms with Gasteiger partial charge in [-0.3, -0.25) is 0 Å². The van der Waals surface area contributed by atoms with Gasteiger partial charge in [0.1, 0.15) is 6.10 Å². The molecule has 3 nitrogen and oxygen atoms in total. The van der Waals surface area contributed by atoms with Gasteiger partial charge in [0.2, 0.25) is 5.88 Å². The zero-order valence-corrected chi connectivity index (χ0v) is 14.0. The van der Waals surface area contributed by atoms with E-state index in [1.165, 1.54) is 12.8 Å². The maximum Gasteiger partial charge on any atom is 0.219 e. The standard InChI is InChI=1S/C18H29NO2/c1-11(2)15-7-6-12(3)8-17(15)21-18-16(10-20)13(4)9-14(5)19-18/h9,11-12,15,17,20H,6-8,10H2,1-5H3. The zero-order valence-electron chi connectivity index (χ0n) is 14.0. The summed E-state index contributed by atoms with van der Waals surface area (Å²) in [5.41, 5.74) is 2.84. The lowest BCUT2D eigenvalue weighted by Gasteiger charge is -2.37. The number of aryl methyl sites for hydroxylation is 2. The number of hydrogen-bond acceptors (Lipinski definition) is 3. The van der Waals surface area contributed by atoms with E-state index < -0.39 is 0 Å². The summed E-state index contributed by atoms with van der Waals surface area (Å²) in [6, 6.07) is 2.00. The van der Waals surface area contributed by atoms with Crippen LogP contribution in [0.3, 0.4) is 0 Å². The van der Waals surface area contributed by atoms with Crippen molar-refractivity contribution < 1.29 is 9.84 Å². The molecule has 3 unspecified atom stereocenters. The molecule has 0 bridgehead atoms. The Morgan fingerprint density at radius 2 is 2.05 bits per heavy atom. The molecular formula is C18H29NO2. The van der Waals surface area contributed by atoms with Crippen LogP contribution < -0.4 is 4.74 Å². The van der Waals surface area contributed by atoms with E-state index in [1.54, 1.807) is 0 Å². The lowest BCUT2D eigenvalue weighted by atomic mass is 9.75. The van der Waals surface area contributed by atoms with Crippen LogP contribution >= 0.6 is 0 Å². The molecule has 1 fully saturated rings. The molecule has 21 heavy (non-hydrogen) atoms. The van der Waals surface area contributed by atoms with Crippen molar-refractivity contribution in [2.75, 3.05) is 0 Å². The topological polar surface area (TPSA) is 42.4 Å². The van der Waals surface area contributed by atoms with Crippen molar-refractivity contribution in [3.63, 3.8) is 0 Å². The van der Waals surface area contributed by atoms with E-state index in [9.17, 15) is 5.11 Å². The van der Waals surface area contributed by atoms with Gasteiger partial charge in [-0.25, -0.2) is 4.98 Å². The van der Waals surface area contributed by atoms with Gasteiger partial charge >= 0.3 is 0 Å². The smallest absolute Gasteiger partial charge is 0.219 e. The van der Waals surface area contributed by atoms with Crippen LogP contribution in [0.25, 0.3) is 0 Å². The van der Waals surface area contributed by atoms with Crippen LogP contribution in [0.2, 0.25) is 0 Å². The molecule has 0 amide bonds. The van der Waals surface area contributed by atoms with Gasteiger partial charge in [0.25, 0.3) is 0 Å². The molecule has 1 heterocycles. The first-order chi connectivity index (χ1) is 9.92. The number of aliphatic hydroxyl groups is 1. The Morgan fingerprint density at radius 1 is 1.33 bits per heavy atom. The van der Waals surface area contributed by atoms with Gasteiger partial charge in [-0.1, -0.05) is 27.2 Å². The van der Waals surface area contributed by atoms with Gasteiger partial charge in [-0.2, -0.15) is 0 Å². The minimum absolute atomic E-state index is 0.0108. The average molecular weight is 291 g/mol. The highest BCUT2D eigenvalue weighted by Crippen LogP contribution is 2.36.